The van der Waals surface area contributed by atoms with Gasteiger partial charge in [-0.15, -0.1) is 0 Å². The van der Waals surface area contributed by atoms with Gasteiger partial charge in [-0.2, -0.15) is 4.98 Å². The Morgan fingerprint density at radius 2 is 1.97 bits per heavy atom. The van der Waals surface area contributed by atoms with Gasteiger partial charge in [0.25, 0.3) is 0 Å². The molecule has 0 spiro atoms. The van der Waals surface area contributed by atoms with Gasteiger partial charge in [0.1, 0.15) is 11.6 Å². The van der Waals surface area contributed by atoms with Gasteiger partial charge in [0, 0.05) is 36.6 Å². The second-order valence-electron chi connectivity index (χ2n) is 8.46. The molecule has 0 radical (unpaired) electrons. The van der Waals surface area contributed by atoms with E-state index in [1.165, 1.54) is 0 Å². The lowest BCUT2D eigenvalue weighted by Crippen LogP contribution is -2.31. The van der Waals surface area contributed by atoms with Crippen molar-refractivity contribution in [3.05, 3.63) is 58.8 Å². The van der Waals surface area contributed by atoms with E-state index in [9.17, 15) is 4.79 Å². The Kier molecular flexibility index (Phi) is 5.43. The van der Waals surface area contributed by atoms with Crippen LogP contribution in [0.25, 0.3) is 11.1 Å². The largest absolute Gasteiger partial charge is 0.417 e. The monoisotopic (exact) mass is 446 g/mol. The summed E-state index contributed by atoms with van der Waals surface area (Å²) in [5.74, 6) is 1.62. The summed E-state index contributed by atoms with van der Waals surface area (Å²) < 4.78 is 5.05. The zero-order valence-electron chi connectivity index (χ0n) is 18.8. The van der Waals surface area contributed by atoms with Crippen LogP contribution in [0.1, 0.15) is 12.0 Å². The molecular weight excluding hydrogens is 420 g/mol. The van der Waals surface area contributed by atoms with E-state index in [1.54, 1.807) is 24.5 Å². The van der Waals surface area contributed by atoms with Crippen molar-refractivity contribution in [2.45, 2.75) is 19.4 Å². The molecule has 1 aliphatic rings. The lowest BCUT2D eigenvalue weighted by atomic mass is 10.2. The number of nitrogens with one attached hydrogen (secondary N) is 3. The first-order valence-corrected chi connectivity index (χ1v) is 10.8. The summed E-state index contributed by atoms with van der Waals surface area (Å²) in [6.07, 6.45) is 4.70. The summed E-state index contributed by atoms with van der Waals surface area (Å²) in [6, 6.07) is 9.94. The van der Waals surface area contributed by atoms with Gasteiger partial charge >= 0.3 is 5.76 Å². The molecule has 0 saturated carbocycles. The minimum Gasteiger partial charge on any atom is -0.408 e. The SMILES string of the molecule is Cc1cnc(Nc2ccc(N3CCC(N(C)C)C3)nc2)nc1Nc1ccc2oc(=O)[nH]c2c1. The van der Waals surface area contributed by atoms with Gasteiger partial charge in [0.05, 0.1) is 17.4 Å². The molecule has 1 saturated heterocycles. The van der Waals surface area contributed by atoms with Crippen LogP contribution in [0.2, 0.25) is 0 Å². The minimum absolute atomic E-state index is 0.462. The first-order valence-electron chi connectivity index (χ1n) is 10.8. The molecule has 5 rings (SSSR count). The van der Waals surface area contributed by atoms with E-state index in [2.05, 4.69) is 54.5 Å². The average Bonchev–Trinajstić information content (AvgIpc) is 3.43. The Bertz CT molecular complexity index is 1330. The van der Waals surface area contributed by atoms with Crippen LogP contribution in [0.3, 0.4) is 0 Å². The fourth-order valence-electron chi connectivity index (χ4n) is 3.94. The molecule has 0 amide bonds. The Balaban J connectivity index is 1.29. The van der Waals surface area contributed by atoms with Crippen LogP contribution in [-0.4, -0.2) is 58.1 Å². The van der Waals surface area contributed by atoms with Crippen molar-refractivity contribution in [2.75, 3.05) is 42.7 Å². The smallest absolute Gasteiger partial charge is 0.408 e. The summed E-state index contributed by atoms with van der Waals surface area (Å²) in [7, 11) is 4.24. The number of aromatic amines is 1. The molecule has 10 nitrogen and oxygen atoms in total. The number of aromatic nitrogens is 4. The molecule has 170 valence electrons. The normalized spacial score (nSPS) is 16.0. The van der Waals surface area contributed by atoms with Crippen LogP contribution in [0.5, 0.6) is 0 Å². The van der Waals surface area contributed by atoms with Crippen LogP contribution in [0.4, 0.5) is 29.0 Å². The number of pyridine rings is 1. The third kappa shape index (κ3) is 4.51. The zero-order chi connectivity index (χ0) is 22.9. The number of likely N-dealkylation sites (N-methyl/N-ethyl adjacent to an activating group) is 1. The van der Waals surface area contributed by atoms with E-state index >= 15 is 0 Å². The van der Waals surface area contributed by atoms with Gasteiger partial charge in [-0.1, -0.05) is 0 Å². The molecule has 3 aromatic heterocycles. The number of oxazole rings is 1. The van der Waals surface area contributed by atoms with Crippen molar-refractivity contribution < 1.29 is 4.42 Å². The van der Waals surface area contributed by atoms with Crippen LogP contribution in [0, 0.1) is 6.92 Å². The highest BCUT2D eigenvalue weighted by Gasteiger charge is 2.24. The third-order valence-corrected chi connectivity index (χ3v) is 5.88. The maximum atomic E-state index is 11.4. The number of anilines is 5. The Labute approximate surface area is 190 Å². The van der Waals surface area contributed by atoms with Crippen LogP contribution >= 0.6 is 0 Å². The molecule has 4 heterocycles. The van der Waals surface area contributed by atoms with Gasteiger partial charge < -0.3 is 24.9 Å². The second kappa shape index (κ2) is 8.55. The number of hydrogen-bond donors (Lipinski definition) is 3. The van der Waals surface area contributed by atoms with Crippen molar-refractivity contribution in [1.29, 1.82) is 0 Å². The van der Waals surface area contributed by atoms with Gasteiger partial charge in [0.15, 0.2) is 5.58 Å². The highest BCUT2D eigenvalue weighted by molar-refractivity contribution is 5.78. The number of fused-ring (bicyclic) bond motifs is 1. The Morgan fingerprint density at radius 1 is 1.12 bits per heavy atom. The molecule has 10 heteroatoms. The van der Waals surface area contributed by atoms with E-state index in [1.807, 2.05) is 25.1 Å². The lowest BCUT2D eigenvalue weighted by Gasteiger charge is -2.21. The summed E-state index contributed by atoms with van der Waals surface area (Å²) in [4.78, 5) is 32.2. The van der Waals surface area contributed by atoms with Crippen LogP contribution in [-0.2, 0) is 0 Å². The van der Waals surface area contributed by atoms with Crippen molar-refractivity contribution in [1.82, 2.24) is 24.8 Å². The van der Waals surface area contributed by atoms with E-state index in [0.29, 0.717) is 28.9 Å². The van der Waals surface area contributed by atoms with Gasteiger partial charge in [-0.05, 0) is 57.8 Å². The molecular formula is C23H26N8O2. The summed E-state index contributed by atoms with van der Waals surface area (Å²) in [6.45, 7) is 3.93. The lowest BCUT2D eigenvalue weighted by molar-refractivity contribution is 0.315. The van der Waals surface area contributed by atoms with Crippen LogP contribution in [0.15, 0.2) is 51.9 Å². The molecule has 1 atom stereocenters. The van der Waals surface area contributed by atoms with E-state index in [-0.39, 0.29) is 0 Å². The Morgan fingerprint density at radius 3 is 2.73 bits per heavy atom. The molecule has 1 aromatic carbocycles. The molecule has 1 fully saturated rings. The van der Waals surface area contributed by atoms with Gasteiger partial charge in [-0.3, -0.25) is 4.98 Å². The number of aryl methyl sites for hydroxylation is 1. The quantitative estimate of drug-likeness (QED) is 0.410. The molecule has 4 aromatic rings. The van der Waals surface area contributed by atoms with Gasteiger partial charge in [-0.25, -0.2) is 14.8 Å². The summed E-state index contributed by atoms with van der Waals surface area (Å²) in [5.41, 5.74) is 3.61. The standard InChI is InChI=1S/C23H26N8O2/c1-14-11-25-22(29-21(14)26-15-4-6-19-18(10-15)28-23(32)33-19)27-16-5-7-20(24-12-16)31-9-8-17(13-31)30(2)3/h4-7,10-12,17H,8-9,13H2,1-3H3,(H,28,32)(H2,25,26,27,29). The number of rotatable bonds is 6. The van der Waals surface area contributed by atoms with Crippen molar-refractivity contribution in [2.24, 2.45) is 0 Å². The first kappa shape index (κ1) is 21.0. The number of hydrogen-bond acceptors (Lipinski definition) is 9. The highest BCUT2D eigenvalue weighted by Crippen LogP contribution is 2.25. The molecule has 3 N–H and O–H groups in total. The Hall–Kier alpha value is -3.92. The maximum Gasteiger partial charge on any atom is 0.417 e. The second-order valence-corrected chi connectivity index (χ2v) is 8.46. The average molecular weight is 447 g/mol. The fourth-order valence-corrected chi connectivity index (χ4v) is 3.94. The van der Waals surface area contributed by atoms with Crippen LogP contribution < -0.4 is 21.3 Å². The fraction of sp³-hybridized carbons (Fsp3) is 0.304. The van der Waals surface area contributed by atoms with E-state index in [0.717, 1.165) is 42.3 Å². The topological polar surface area (TPSA) is 115 Å². The molecule has 1 unspecified atom stereocenters. The predicted octanol–water partition coefficient (Wildman–Crippen LogP) is 3.24. The number of nitrogens with zero attached hydrogens (tertiary/aromatic N) is 5. The first-order chi connectivity index (χ1) is 15.9. The highest BCUT2D eigenvalue weighted by atomic mass is 16.4. The third-order valence-electron chi connectivity index (χ3n) is 5.88. The van der Waals surface area contributed by atoms with Crippen molar-refractivity contribution in [3.63, 3.8) is 0 Å². The zero-order valence-corrected chi connectivity index (χ0v) is 18.8. The minimum atomic E-state index is -0.478. The number of benzene rings is 1. The van der Waals surface area contributed by atoms with Crippen molar-refractivity contribution >= 4 is 40.1 Å². The maximum absolute atomic E-state index is 11.4. The summed E-state index contributed by atoms with van der Waals surface area (Å²) in [5, 5.41) is 6.50. The molecule has 1 aliphatic heterocycles. The predicted molar refractivity (Wildman–Crippen MR) is 129 cm³/mol. The summed E-state index contributed by atoms with van der Waals surface area (Å²) >= 11 is 0. The van der Waals surface area contributed by atoms with E-state index in [4.69, 9.17) is 4.42 Å². The molecule has 0 bridgehead atoms. The van der Waals surface area contributed by atoms with Crippen molar-refractivity contribution in [3.8, 4) is 0 Å². The molecule has 0 aliphatic carbocycles. The van der Waals surface area contributed by atoms with E-state index < -0.39 is 5.76 Å². The molecule has 33 heavy (non-hydrogen) atoms. The number of H-pyrrole nitrogens is 1. The van der Waals surface area contributed by atoms with Gasteiger partial charge in [0.2, 0.25) is 5.95 Å².